The lowest BCUT2D eigenvalue weighted by Gasteiger charge is -2.20. The zero-order chi connectivity index (χ0) is 14.0. The number of rotatable bonds is 10. The summed E-state index contributed by atoms with van der Waals surface area (Å²) in [6.07, 6.45) is 2.30. The molecule has 0 aliphatic carbocycles. The Bertz CT molecular complexity index is 252. The molecule has 2 unspecified atom stereocenters. The number of carbonyl (C=O) groups is 2. The Morgan fingerprint density at radius 2 is 1.89 bits per heavy atom. The molecular weight excluding hydrogens is 236 g/mol. The molecule has 0 saturated carbocycles. The second-order valence-electron chi connectivity index (χ2n) is 4.45. The second kappa shape index (κ2) is 9.88. The van der Waals surface area contributed by atoms with Gasteiger partial charge < -0.3 is 14.9 Å². The van der Waals surface area contributed by atoms with E-state index in [-0.39, 0.29) is 25.4 Å². The van der Waals surface area contributed by atoms with Crippen LogP contribution < -0.4 is 0 Å². The van der Waals surface area contributed by atoms with Gasteiger partial charge >= 0.3 is 11.9 Å². The maximum atomic E-state index is 11.3. The van der Waals surface area contributed by atoms with E-state index in [1.165, 1.54) is 0 Å². The summed E-state index contributed by atoms with van der Waals surface area (Å²) in [5.74, 6) is -1.33. The maximum Gasteiger partial charge on any atom is 0.305 e. The third-order valence-electron chi connectivity index (χ3n) is 2.88. The van der Waals surface area contributed by atoms with Gasteiger partial charge in [-0.05, 0) is 19.3 Å². The summed E-state index contributed by atoms with van der Waals surface area (Å²) in [7, 11) is 0. The Hall–Kier alpha value is -1.10. The molecule has 0 saturated heterocycles. The van der Waals surface area contributed by atoms with E-state index >= 15 is 0 Å². The Balaban J connectivity index is 3.83. The van der Waals surface area contributed by atoms with Crippen LogP contribution in [0.2, 0.25) is 0 Å². The van der Waals surface area contributed by atoms with Gasteiger partial charge in [0.05, 0.1) is 12.7 Å². The average molecular weight is 260 g/mol. The van der Waals surface area contributed by atoms with Crippen LogP contribution in [0.4, 0.5) is 0 Å². The van der Waals surface area contributed by atoms with Gasteiger partial charge in [-0.25, -0.2) is 0 Å². The summed E-state index contributed by atoms with van der Waals surface area (Å²) < 4.78 is 5.05. The number of ether oxygens (including phenoxy) is 1. The lowest BCUT2D eigenvalue weighted by molar-refractivity contribution is -0.146. The molecule has 5 heteroatoms. The SMILES string of the molecule is CCCC(O)C(CC)COC(=O)CCCC(=O)O. The Kier molecular flexibility index (Phi) is 9.28. The van der Waals surface area contributed by atoms with Crippen molar-refractivity contribution < 1.29 is 24.5 Å². The van der Waals surface area contributed by atoms with E-state index in [0.29, 0.717) is 12.8 Å². The molecule has 0 aliphatic rings. The molecule has 18 heavy (non-hydrogen) atoms. The van der Waals surface area contributed by atoms with Crippen molar-refractivity contribution in [1.29, 1.82) is 0 Å². The van der Waals surface area contributed by atoms with Crippen LogP contribution in [0.5, 0.6) is 0 Å². The molecule has 2 atom stereocenters. The minimum Gasteiger partial charge on any atom is -0.481 e. The first kappa shape index (κ1) is 16.9. The van der Waals surface area contributed by atoms with Gasteiger partial charge in [-0.2, -0.15) is 0 Å². The summed E-state index contributed by atoms with van der Waals surface area (Å²) in [5.41, 5.74) is 0. The normalized spacial score (nSPS) is 13.9. The molecule has 2 N–H and O–H groups in total. The fourth-order valence-electron chi connectivity index (χ4n) is 1.69. The van der Waals surface area contributed by atoms with Crippen LogP contribution in [-0.2, 0) is 14.3 Å². The topological polar surface area (TPSA) is 83.8 Å². The van der Waals surface area contributed by atoms with Gasteiger partial charge in [0.2, 0.25) is 0 Å². The highest BCUT2D eigenvalue weighted by atomic mass is 16.5. The summed E-state index contributed by atoms with van der Waals surface area (Å²) in [4.78, 5) is 21.6. The molecule has 0 rings (SSSR count). The molecule has 0 spiro atoms. The van der Waals surface area contributed by atoms with Crippen molar-refractivity contribution >= 4 is 11.9 Å². The number of esters is 1. The van der Waals surface area contributed by atoms with Gasteiger partial charge in [-0.3, -0.25) is 9.59 Å². The Labute approximate surface area is 108 Å². The first-order valence-corrected chi connectivity index (χ1v) is 6.56. The van der Waals surface area contributed by atoms with Crippen molar-refractivity contribution in [3.8, 4) is 0 Å². The summed E-state index contributed by atoms with van der Waals surface area (Å²) in [5, 5.41) is 18.2. The van der Waals surface area contributed by atoms with Crippen molar-refractivity contribution in [2.45, 2.75) is 58.5 Å². The number of hydrogen-bond acceptors (Lipinski definition) is 4. The average Bonchev–Trinajstić information content (AvgIpc) is 2.29. The first-order chi connectivity index (χ1) is 8.51. The van der Waals surface area contributed by atoms with E-state index in [1.54, 1.807) is 0 Å². The largest absolute Gasteiger partial charge is 0.481 e. The zero-order valence-electron chi connectivity index (χ0n) is 11.2. The second-order valence-corrected chi connectivity index (χ2v) is 4.45. The summed E-state index contributed by atoms with van der Waals surface area (Å²) in [6, 6.07) is 0. The van der Waals surface area contributed by atoms with E-state index in [2.05, 4.69) is 0 Å². The number of hydrogen-bond donors (Lipinski definition) is 2. The van der Waals surface area contributed by atoms with Crippen molar-refractivity contribution in [3.63, 3.8) is 0 Å². The highest BCUT2D eigenvalue weighted by molar-refractivity contribution is 5.71. The van der Waals surface area contributed by atoms with Crippen molar-refractivity contribution in [2.24, 2.45) is 5.92 Å². The third kappa shape index (κ3) is 8.06. The quantitative estimate of drug-likeness (QED) is 0.587. The Morgan fingerprint density at radius 3 is 2.39 bits per heavy atom. The molecule has 0 radical (unpaired) electrons. The molecule has 0 heterocycles. The van der Waals surface area contributed by atoms with Crippen LogP contribution in [0.15, 0.2) is 0 Å². The number of carboxylic acid groups (broad SMARTS) is 1. The maximum absolute atomic E-state index is 11.3. The molecular formula is C13H24O5. The number of aliphatic hydroxyl groups is 1. The first-order valence-electron chi connectivity index (χ1n) is 6.56. The van der Waals surface area contributed by atoms with Crippen LogP contribution >= 0.6 is 0 Å². The van der Waals surface area contributed by atoms with E-state index in [4.69, 9.17) is 9.84 Å². The number of carbonyl (C=O) groups excluding carboxylic acids is 1. The van der Waals surface area contributed by atoms with Crippen molar-refractivity contribution in [1.82, 2.24) is 0 Å². The van der Waals surface area contributed by atoms with Gasteiger partial charge in [-0.1, -0.05) is 20.3 Å². The molecule has 0 fully saturated rings. The minimum atomic E-state index is -0.910. The van der Waals surface area contributed by atoms with Gasteiger partial charge in [0.1, 0.15) is 0 Å². The van der Waals surface area contributed by atoms with E-state index < -0.39 is 18.0 Å². The predicted octanol–water partition coefficient (Wildman–Crippen LogP) is 1.97. The third-order valence-corrected chi connectivity index (χ3v) is 2.88. The molecule has 0 aromatic heterocycles. The smallest absolute Gasteiger partial charge is 0.305 e. The van der Waals surface area contributed by atoms with E-state index in [1.807, 2.05) is 13.8 Å². The van der Waals surface area contributed by atoms with Gasteiger partial charge in [0, 0.05) is 18.8 Å². The molecule has 0 bridgehead atoms. The lowest BCUT2D eigenvalue weighted by atomic mass is 9.97. The van der Waals surface area contributed by atoms with Gasteiger partial charge in [0.25, 0.3) is 0 Å². The van der Waals surface area contributed by atoms with Gasteiger partial charge in [-0.15, -0.1) is 0 Å². The molecule has 0 aromatic carbocycles. The summed E-state index contributed by atoms with van der Waals surface area (Å²) in [6.45, 7) is 4.15. The van der Waals surface area contributed by atoms with Crippen LogP contribution in [-0.4, -0.2) is 34.9 Å². The number of aliphatic hydroxyl groups excluding tert-OH is 1. The van der Waals surface area contributed by atoms with Crippen molar-refractivity contribution in [3.05, 3.63) is 0 Å². The fraction of sp³-hybridized carbons (Fsp3) is 0.846. The fourth-order valence-corrected chi connectivity index (χ4v) is 1.69. The molecule has 106 valence electrons. The highest BCUT2D eigenvalue weighted by Gasteiger charge is 2.18. The predicted molar refractivity (Wildman–Crippen MR) is 67.1 cm³/mol. The standard InChI is InChI=1S/C13H24O5/c1-3-6-11(14)10(4-2)9-18-13(17)8-5-7-12(15)16/h10-11,14H,3-9H2,1-2H3,(H,15,16). The monoisotopic (exact) mass is 260 g/mol. The Morgan fingerprint density at radius 1 is 1.22 bits per heavy atom. The number of aliphatic carboxylic acids is 1. The van der Waals surface area contributed by atoms with Crippen molar-refractivity contribution in [2.75, 3.05) is 6.61 Å². The minimum absolute atomic E-state index is 0.0230. The van der Waals surface area contributed by atoms with Gasteiger partial charge in [0.15, 0.2) is 0 Å². The molecule has 0 aromatic rings. The van der Waals surface area contributed by atoms with Crippen LogP contribution in [0.1, 0.15) is 52.4 Å². The molecule has 0 amide bonds. The van der Waals surface area contributed by atoms with Crippen LogP contribution in [0.3, 0.4) is 0 Å². The lowest BCUT2D eigenvalue weighted by Crippen LogP contribution is -2.25. The highest BCUT2D eigenvalue weighted by Crippen LogP contribution is 2.14. The molecule has 0 aliphatic heterocycles. The molecule has 5 nitrogen and oxygen atoms in total. The van der Waals surface area contributed by atoms with E-state index in [0.717, 1.165) is 12.8 Å². The zero-order valence-corrected chi connectivity index (χ0v) is 11.2. The van der Waals surface area contributed by atoms with Crippen LogP contribution in [0, 0.1) is 5.92 Å². The van der Waals surface area contributed by atoms with Crippen LogP contribution in [0.25, 0.3) is 0 Å². The summed E-state index contributed by atoms with van der Waals surface area (Å²) >= 11 is 0. The van der Waals surface area contributed by atoms with E-state index in [9.17, 15) is 14.7 Å². The number of carboxylic acids is 1.